The molecule has 3 heterocycles. The van der Waals surface area contributed by atoms with E-state index in [2.05, 4.69) is 10.2 Å². The molecule has 1 fully saturated rings. The fourth-order valence-corrected chi connectivity index (χ4v) is 4.87. The lowest BCUT2D eigenvalue weighted by Crippen LogP contribution is -2.67. The first-order chi connectivity index (χ1) is 9.58. The molecule has 0 radical (unpaired) electrons. The molecular formula is C10H10N4O3S3. The van der Waals surface area contributed by atoms with Crippen LogP contribution in [0.1, 0.15) is 0 Å². The zero-order valence-corrected chi connectivity index (χ0v) is 12.5. The van der Waals surface area contributed by atoms with Gasteiger partial charge in [0.2, 0.25) is 5.91 Å². The van der Waals surface area contributed by atoms with Gasteiger partial charge in [-0.05, 0) is 5.57 Å². The van der Waals surface area contributed by atoms with E-state index in [1.54, 1.807) is 11.7 Å². The third kappa shape index (κ3) is 2.32. The molecule has 10 heteroatoms. The summed E-state index contributed by atoms with van der Waals surface area (Å²) in [5.41, 5.74) is 7.98. The molecule has 0 aromatic carbocycles. The highest BCUT2D eigenvalue weighted by atomic mass is 32.2. The van der Waals surface area contributed by atoms with Crippen LogP contribution in [0.5, 0.6) is 0 Å². The van der Waals surface area contributed by atoms with Crippen LogP contribution in [0.25, 0.3) is 0 Å². The molecule has 3 N–H and O–H groups in total. The Balaban J connectivity index is 1.77. The zero-order chi connectivity index (χ0) is 14.3. The van der Waals surface area contributed by atoms with E-state index in [1.165, 1.54) is 39.8 Å². The molecular weight excluding hydrogens is 320 g/mol. The van der Waals surface area contributed by atoms with E-state index in [9.17, 15) is 14.7 Å². The number of nitrogens with zero attached hydrogens (tertiary/aromatic N) is 3. The molecule has 0 saturated carbocycles. The van der Waals surface area contributed by atoms with Crippen LogP contribution < -0.4 is 5.73 Å². The van der Waals surface area contributed by atoms with E-state index in [0.29, 0.717) is 11.3 Å². The summed E-state index contributed by atoms with van der Waals surface area (Å²) in [7, 11) is 0. The Morgan fingerprint density at radius 1 is 1.60 bits per heavy atom. The van der Waals surface area contributed by atoms with Gasteiger partial charge in [0.25, 0.3) is 0 Å². The number of rotatable bonds is 4. The molecule has 0 spiro atoms. The van der Waals surface area contributed by atoms with Crippen LogP contribution in [0, 0.1) is 0 Å². The molecule has 1 aromatic rings. The minimum Gasteiger partial charge on any atom is -0.480 e. The molecule has 3 rings (SSSR count). The van der Waals surface area contributed by atoms with Crippen LogP contribution in [0.3, 0.4) is 0 Å². The Kier molecular flexibility index (Phi) is 3.71. The van der Waals surface area contributed by atoms with Gasteiger partial charge in [-0.25, -0.2) is 0 Å². The molecule has 3 atom stereocenters. The molecule has 2 aliphatic heterocycles. The maximum Gasteiger partial charge on any atom is 0.321 e. The van der Waals surface area contributed by atoms with E-state index >= 15 is 0 Å². The van der Waals surface area contributed by atoms with E-state index in [0.717, 1.165) is 4.34 Å². The minimum atomic E-state index is -0.912. The Labute approximate surface area is 126 Å². The largest absolute Gasteiger partial charge is 0.480 e. The standard InChI is InChI=1S/C10H10N4O3S3/c11-5-7(15)14-1-4(2-18-10-13-12-3-19-10)6(9(16)17)20-8(5)14/h1,3,5-6,8H,2,11H2,(H,16,17)/t5?,6?,8-/m1/s1. The van der Waals surface area contributed by atoms with Gasteiger partial charge in [-0.15, -0.1) is 22.0 Å². The van der Waals surface area contributed by atoms with Crippen molar-refractivity contribution in [1.29, 1.82) is 0 Å². The summed E-state index contributed by atoms with van der Waals surface area (Å²) < 4.78 is 0.772. The number of hydrogen-bond acceptors (Lipinski definition) is 8. The van der Waals surface area contributed by atoms with Gasteiger partial charge in [0.1, 0.15) is 22.2 Å². The number of carboxylic acid groups (broad SMARTS) is 1. The number of thioether (sulfide) groups is 2. The second-order valence-corrected chi connectivity index (χ2v) is 7.50. The first-order valence-corrected chi connectivity index (χ1v) is 8.44. The second kappa shape index (κ2) is 5.35. The highest BCUT2D eigenvalue weighted by Gasteiger charge is 2.50. The lowest BCUT2D eigenvalue weighted by molar-refractivity contribution is -0.141. The predicted octanol–water partition coefficient (Wildman–Crippen LogP) is 0.210. The van der Waals surface area contributed by atoms with Crippen LogP contribution in [-0.2, 0) is 9.59 Å². The maximum absolute atomic E-state index is 11.6. The molecule has 1 aromatic heterocycles. The predicted molar refractivity (Wildman–Crippen MR) is 76.3 cm³/mol. The summed E-state index contributed by atoms with van der Waals surface area (Å²) in [5.74, 6) is -0.611. The number of aliphatic carboxylic acids is 1. The second-order valence-electron chi connectivity index (χ2n) is 4.21. The topological polar surface area (TPSA) is 109 Å². The van der Waals surface area contributed by atoms with Crippen molar-refractivity contribution in [3.05, 3.63) is 17.3 Å². The van der Waals surface area contributed by atoms with Gasteiger partial charge in [0.15, 0.2) is 4.34 Å². The highest BCUT2D eigenvalue weighted by Crippen LogP contribution is 2.41. The molecule has 2 aliphatic rings. The van der Waals surface area contributed by atoms with Crippen LogP contribution >= 0.6 is 34.9 Å². The van der Waals surface area contributed by atoms with Crippen molar-refractivity contribution in [2.45, 2.75) is 21.0 Å². The molecule has 0 bridgehead atoms. The van der Waals surface area contributed by atoms with Gasteiger partial charge in [0, 0.05) is 12.0 Å². The summed E-state index contributed by atoms with van der Waals surface area (Å²) in [4.78, 5) is 24.5. The van der Waals surface area contributed by atoms with Crippen LogP contribution in [0.4, 0.5) is 0 Å². The lowest BCUT2D eigenvalue weighted by Gasteiger charge is -2.47. The average Bonchev–Trinajstić information content (AvgIpc) is 2.96. The third-order valence-electron chi connectivity index (χ3n) is 2.96. The van der Waals surface area contributed by atoms with Crippen molar-refractivity contribution < 1.29 is 14.7 Å². The van der Waals surface area contributed by atoms with Gasteiger partial charge >= 0.3 is 5.97 Å². The number of aromatic nitrogens is 2. The number of β-lactam (4-membered cyclic amide) rings is 1. The van der Waals surface area contributed by atoms with Gasteiger partial charge in [-0.2, -0.15) is 0 Å². The molecule has 1 amide bonds. The van der Waals surface area contributed by atoms with E-state index in [1.807, 2.05) is 0 Å². The van der Waals surface area contributed by atoms with E-state index in [-0.39, 0.29) is 11.3 Å². The van der Waals surface area contributed by atoms with Crippen LogP contribution in [0.2, 0.25) is 0 Å². The summed E-state index contributed by atoms with van der Waals surface area (Å²) in [5, 5.41) is 16.0. The number of amides is 1. The van der Waals surface area contributed by atoms with Gasteiger partial charge < -0.3 is 15.7 Å². The normalized spacial score (nSPS) is 28.6. The fourth-order valence-electron chi connectivity index (χ4n) is 1.97. The van der Waals surface area contributed by atoms with Crippen LogP contribution in [0.15, 0.2) is 21.6 Å². The lowest BCUT2D eigenvalue weighted by atomic mass is 10.1. The molecule has 106 valence electrons. The van der Waals surface area contributed by atoms with Crippen molar-refractivity contribution in [2.75, 3.05) is 5.75 Å². The number of nitrogens with two attached hydrogens (primary N) is 1. The summed E-state index contributed by atoms with van der Waals surface area (Å²) in [6, 6.07) is -0.601. The van der Waals surface area contributed by atoms with Gasteiger partial charge in [-0.1, -0.05) is 23.1 Å². The maximum atomic E-state index is 11.6. The first-order valence-electron chi connectivity index (χ1n) is 5.63. The molecule has 2 unspecified atom stereocenters. The molecule has 1 saturated heterocycles. The number of carboxylic acids is 1. The van der Waals surface area contributed by atoms with Crippen molar-refractivity contribution in [1.82, 2.24) is 15.1 Å². The summed E-state index contributed by atoms with van der Waals surface area (Å²) >= 11 is 4.02. The first kappa shape index (κ1) is 13.9. The minimum absolute atomic E-state index is 0.162. The Bertz CT molecular complexity index is 576. The van der Waals surface area contributed by atoms with E-state index in [4.69, 9.17) is 5.73 Å². The fraction of sp³-hybridized carbons (Fsp3) is 0.400. The number of hydrogen-bond donors (Lipinski definition) is 2. The summed E-state index contributed by atoms with van der Waals surface area (Å²) in [6.07, 6.45) is 1.62. The van der Waals surface area contributed by atoms with Crippen molar-refractivity contribution in [3.8, 4) is 0 Å². The zero-order valence-electron chi connectivity index (χ0n) is 10.0. The Hall–Kier alpha value is -1.10. The van der Waals surface area contributed by atoms with Crippen LogP contribution in [-0.4, -0.2) is 54.5 Å². The van der Waals surface area contributed by atoms with Crippen molar-refractivity contribution in [3.63, 3.8) is 0 Å². The smallest absolute Gasteiger partial charge is 0.321 e. The average molecular weight is 330 g/mol. The quantitative estimate of drug-likeness (QED) is 0.595. The number of fused-ring (bicyclic) bond motifs is 1. The molecule has 0 aliphatic carbocycles. The Morgan fingerprint density at radius 3 is 3.05 bits per heavy atom. The monoisotopic (exact) mass is 330 g/mol. The number of carbonyl (C=O) groups is 2. The van der Waals surface area contributed by atoms with Crippen molar-refractivity contribution >= 4 is 46.7 Å². The Morgan fingerprint density at radius 2 is 2.40 bits per heavy atom. The summed E-state index contributed by atoms with van der Waals surface area (Å²) in [6.45, 7) is 0. The molecule has 7 nitrogen and oxygen atoms in total. The number of carbonyl (C=O) groups excluding carboxylic acids is 1. The molecule has 20 heavy (non-hydrogen) atoms. The third-order valence-corrected chi connectivity index (χ3v) is 6.47. The van der Waals surface area contributed by atoms with Gasteiger partial charge in [-0.3, -0.25) is 9.59 Å². The van der Waals surface area contributed by atoms with E-state index < -0.39 is 17.3 Å². The van der Waals surface area contributed by atoms with Crippen molar-refractivity contribution in [2.24, 2.45) is 5.73 Å². The highest BCUT2D eigenvalue weighted by molar-refractivity contribution is 8.02. The van der Waals surface area contributed by atoms with Gasteiger partial charge in [0.05, 0.1) is 0 Å². The SMILES string of the molecule is NC1C(=O)N2C=C(CSc3nncs3)C(C(=O)O)S[C@H]12.